The Morgan fingerprint density at radius 3 is 3.00 bits per heavy atom. The second-order valence-corrected chi connectivity index (χ2v) is 5.29. The van der Waals surface area contributed by atoms with E-state index in [-0.39, 0.29) is 11.6 Å². The van der Waals surface area contributed by atoms with Crippen molar-refractivity contribution in [1.29, 1.82) is 0 Å². The molecule has 0 aromatic heterocycles. The highest BCUT2D eigenvalue weighted by Gasteiger charge is 2.21. The first-order valence-corrected chi connectivity index (χ1v) is 7.01. The number of nitrogens with one attached hydrogen (secondary N) is 1. The smallest absolute Gasteiger partial charge is 0.256 e. The number of hydrogen-bond acceptors (Lipinski definition) is 4. The van der Waals surface area contributed by atoms with E-state index in [4.69, 9.17) is 5.84 Å². The van der Waals surface area contributed by atoms with Gasteiger partial charge in [0.1, 0.15) is 5.82 Å². The van der Waals surface area contributed by atoms with Crippen molar-refractivity contribution in [2.24, 2.45) is 5.84 Å². The molecule has 0 bridgehead atoms. The average Bonchev–Trinajstić information content (AvgIpc) is 2.66. The molecule has 1 amide bonds. The van der Waals surface area contributed by atoms with Crippen LogP contribution in [0.4, 0.5) is 10.1 Å². The number of hydrazine groups is 1. The van der Waals surface area contributed by atoms with Gasteiger partial charge in [-0.3, -0.25) is 10.6 Å². The number of anilines is 1. The van der Waals surface area contributed by atoms with Crippen LogP contribution >= 0.6 is 11.8 Å². The molecule has 1 aromatic rings. The van der Waals surface area contributed by atoms with E-state index in [0.29, 0.717) is 18.7 Å². The maximum Gasteiger partial charge on any atom is 0.256 e. The molecule has 0 saturated carbocycles. The molecule has 6 heteroatoms. The fourth-order valence-electron chi connectivity index (χ4n) is 1.97. The van der Waals surface area contributed by atoms with Crippen molar-refractivity contribution in [3.63, 3.8) is 0 Å². The van der Waals surface area contributed by atoms with Gasteiger partial charge in [0.05, 0.1) is 11.3 Å². The van der Waals surface area contributed by atoms with E-state index in [0.717, 1.165) is 17.9 Å². The predicted molar refractivity (Wildman–Crippen MR) is 72.1 cm³/mol. The topological polar surface area (TPSA) is 58.4 Å². The number of amides is 1. The molecule has 1 saturated heterocycles. The quantitative estimate of drug-likeness (QED) is 0.633. The molecule has 1 aliphatic heterocycles. The van der Waals surface area contributed by atoms with Crippen molar-refractivity contribution in [1.82, 2.24) is 4.90 Å². The maximum absolute atomic E-state index is 13.5. The molecule has 1 heterocycles. The van der Waals surface area contributed by atoms with Crippen molar-refractivity contribution in [2.75, 3.05) is 30.0 Å². The highest BCUT2D eigenvalue weighted by molar-refractivity contribution is 7.99. The third-order valence-electron chi connectivity index (χ3n) is 2.90. The summed E-state index contributed by atoms with van der Waals surface area (Å²) in [5, 5.41) is 0. The average molecular weight is 269 g/mol. The molecule has 1 aliphatic rings. The van der Waals surface area contributed by atoms with Gasteiger partial charge in [0.2, 0.25) is 0 Å². The van der Waals surface area contributed by atoms with Crippen LogP contribution in [-0.4, -0.2) is 35.4 Å². The normalized spacial score (nSPS) is 16.2. The number of para-hydroxylation sites is 1. The van der Waals surface area contributed by atoms with E-state index >= 15 is 0 Å². The number of nitrogens with two attached hydrogens (primary N) is 1. The fourth-order valence-corrected chi connectivity index (χ4v) is 2.86. The lowest BCUT2D eigenvalue weighted by molar-refractivity contribution is 0.0769. The summed E-state index contributed by atoms with van der Waals surface area (Å²) in [4.78, 5) is 14.1. The molecule has 1 fully saturated rings. The van der Waals surface area contributed by atoms with Crippen LogP contribution in [0.1, 0.15) is 16.8 Å². The zero-order valence-electron chi connectivity index (χ0n) is 9.99. The van der Waals surface area contributed by atoms with E-state index in [1.165, 1.54) is 12.1 Å². The molecule has 4 nitrogen and oxygen atoms in total. The standard InChI is InChI=1S/C12H16FN3OS/c13-10-4-1-3-9(11(10)15-14)12(17)16-5-2-7-18-8-6-16/h1,3-4,15H,2,5-8,14H2. The minimum Gasteiger partial charge on any atom is -0.338 e. The molecule has 98 valence electrons. The summed E-state index contributed by atoms with van der Waals surface area (Å²) >= 11 is 1.84. The second kappa shape index (κ2) is 6.06. The van der Waals surface area contributed by atoms with Gasteiger partial charge in [-0.1, -0.05) is 6.07 Å². The van der Waals surface area contributed by atoms with Crippen molar-refractivity contribution in [3.8, 4) is 0 Å². The fraction of sp³-hybridized carbons (Fsp3) is 0.417. The first kappa shape index (κ1) is 13.2. The van der Waals surface area contributed by atoms with Crippen LogP contribution in [0.15, 0.2) is 18.2 Å². The lowest BCUT2D eigenvalue weighted by atomic mass is 10.1. The van der Waals surface area contributed by atoms with Gasteiger partial charge in [-0.05, 0) is 24.3 Å². The van der Waals surface area contributed by atoms with Crippen LogP contribution in [0.25, 0.3) is 0 Å². The SMILES string of the molecule is NNc1c(F)cccc1C(=O)N1CCCSCC1. The summed E-state index contributed by atoms with van der Waals surface area (Å²) in [6.45, 7) is 1.41. The zero-order valence-corrected chi connectivity index (χ0v) is 10.8. The number of halogens is 1. The summed E-state index contributed by atoms with van der Waals surface area (Å²) in [6, 6.07) is 4.40. The minimum atomic E-state index is -0.507. The summed E-state index contributed by atoms with van der Waals surface area (Å²) in [5.74, 6) is 6.60. The Morgan fingerprint density at radius 2 is 2.22 bits per heavy atom. The highest BCUT2D eigenvalue weighted by atomic mass is 32.2. The highest BCUT2D eigenvalue weighted by Crippen LogP contribution is 2.21. The van der Waals surface area contributed by atoms with E-state index in [1.54, 1.807) is 11.0 Å². The van der Waals surface area contributed by atoms with Gasteiger partial charge in [-0.15, -0.1) is 0 Å². The number of thioether (sulfide) groups is 1. The summed E-state index contributed by atoms with van der Waals surface area (Å²) in [7, 11) is 0. The predicted octanol–water partition coefficient (Wildman–Crippen LogP) is 1.69. The summed E-state index contributed by atoms with van der Waals surface area (Å²) < 4.78 is 13.5. The maximum atomic E-state index is 13.5. The molecule has 18 heavy (non-hydrogen) atoms. The number of benzene rings is 1. The van der Waals surface area contributed by atoms with E-state index in [2.05, 4.69) is 5.43 Å². The number of hydrogen-bond donors (Lipinski definition) is 2. The number of carbonyl (C=O) groups excluding carboxylic acids is 1. The van der Waals surface area contributed by atoms with Crippen molar-refractivity contribution < 1.29 is 9.18 Å². The van der Waals surface area contributed by atoms with Crippen LogP contribution in [0.2, 0.25) is 0 Å². The van der Waals surface area contributed by atoms with Gasteiger partial charge in [0.15, 0.2) is 0 Å². The molecule has 0 radical (unpaired) electrons. The molecule has 0 spiro atoms. The van der Waals surface area contributed by atoms with Gasteiger partial charge in [-0.25, -0.2) is 4.39 Å². The van der Waals surface area contributed by atoms with Gasteiger partial charge in [-0.2, -0.15) is 11.8 Å². The largest absolute Gasteiger partial charge is 0.338 e. The monoisotopic (exact) mass is 269 g/mol. The van der Waals surface area contributed by atoms with Gasteiger partial charge in [0.25, 0.3) is 5.91 Å². The first-order chi connectivity index (χ1) is 8.74. The van der Waals surface area contributed by atoms with Crippen molar-refractivity contribution in [2.45, 2.75) is 6.42 Å². The molecule has 1 aromatic carbocycles. The van der Waals surface area contributed by atoms with E-state index in [1.807, 2.05) is 11.8 Å². The van der Waals surface area contributed by atoms with E-state index < -0.39 is 5.82 Å². The lowest BCUT2D eigenvalue weighted by Crippen LogP contribution is -2.33. The number of nitrogens with zero attached hydrogens (tertiary/aromatic N) is 1. The lowest BCUT2D eigenvalue weighted by Gasteiger charge is -2.21. The van der Waals surface area contributed by atoms with Crippen molar-refractivity contribution in [3.05, 3.63) is 29.6 Å². The van der Waals surface area contributed by atoms with Gasteiger partial charge >= 0.3 is 0 Å². The molecule has 0 atom stereocenters. The van der Waals surface area contributed by atoms with E-state index in [9.17, 15) is 9.18 Å². The van der Waals surface area contributed by atoms with Crippen LogP contribution < -0.4 is 11.3 Å². The molecule has 2 rings (SSSR count). The second-order valence-electron chi connectivity index (χ2n) is 4.06. The Morgan fingerprint density at radius 1 is 1.39 bits per heavy atom. The Balaban J connectivity index is 2.24. The Bertz CT molecular complexity index is 433. The van der Waals surface area contributed by atoms with Gasteiger partial charge in [0, 0.05) is 18.8 Å². The van der Waals surface area contributed by atoms with Gasteiger partial charge < -0.3 is 10.3 Å². The number of nitrogen functional groups attached to an aromatic ring is 1. The molecule has 3 N–H and O–H groups in total. The first-order valence-electron chi connectivity index (χ1n) is 5.86. The number of rotatable bonds is 2. The molecular formula is C12H16FN3OS. The number of carbonyl (C=O) groups is 1. The minimum absolute atomic E-state index is 0.0689. The Hall–Kier alpha value is -1.27. The molecular weight excluding hydrogens is 253 g/mol. The Kier molecular flexibility index (Phi) is 4.43. The van der Waals surface area contributed by atoms with Crippen molar-refractivity contribution >= 4 is 23.4 Å². The molecule has 0 aliphatic carbocycles. The Labute approximate surface area is 110 Å². The molecule has 0 unspecified atom stereocenters. The van der Waals surface area contributed by atoms with Crippen LogP contribution in [0, 0.1) is 5.82 Å². The van der Waals surface area contributed by atoms with Crippen LogP contribution in [-0.2, 0) is 0 Å². The van der Waals surface area contributed by atoms with Crippen LogP contribution in [0.5, 0.6) is 0 Å². The summed E-state index contributed by atoms with van der Waals surface area (Å²) in [5.41, 5.74) is 2.64. The zero-order chi connectivity index (χ0) is 13.0. The summed E-state index contributed by atoms with van der Waals surface area (Å²) in [6.07, 6.45) is 0.969. The van der Waals surface area contributed by atoms with Crippen LogP contribution in [0.3, 0.4) is 0 Å². The third-order valence-corrected chi connectivity index (χ3v) is 3.95. The third kappa shape index (κ3) is 2.76.